The second-order valence-corrected chi connectivity index (χ2v) is 4.71. The molecule has 5 nitrogen and oxygen atoms in total. The SMILES string of the molecule is C.CCC[C@H](CC)CN.C[C@@H]1CNC[C@H](C)O1.O.O.S.[HH]. The van der Waals surface area contributed by atoms with Crippen LogP contribution in [0, 0.1) is 5.92 Å². The molecule has 3 atom stereocenters. The van der Waals surface area contributed by atoms with Gasteiger partial charge >= 0.3 is 0 Å². The molecule has 1 aliphatic rings. The maximum absolute atomic E-state index is 5.47. The highest BCUT2D eigenvalue weighted by Crippen LogP contribution is 2.07. The Kier molecular flexibility index (Phi) is 34.5. The summed E-state index contributed by atoms with van der Waals surface area (Å²) in [6, 6.07) is 0. The van der Waals surface area contributed by atoms with Crippen molar-refractivity contribution in [3.8, 4) is 0 Å². The second kappa shape index (κ2) is 21.4. The minimum Gasteiger partial charge on any atom is -0.412 e. The molecule has 0 bridgehead atoms. The third-order valence-corrected chi connectivity index (χ3v) is 2.94. The summed E-state index contributed by atoms with van der Waals surface area (Å²) in [5, 5.41) is 3.26. The van der Waals surface area contributed by atoms with Gasteiger partial charge < -0.3 is 26.7 Å². The fourth-order valence-electron chi connectivity index (χ4n) is 1.88. The van der Waals surface area contributed by atoms with E-state index in [4.69, 9.17) is 10.5 Å². The summed E-state index contributed by atoms with van der Waals surface area (Å²) in [6.45, 7) is 11.5. The molecule has 0 aromatic carbocycles. The molecule has 0 aromatic rings. The number of nitrogens with two attached hydrogens (primary N) is 1. The third-order valence-electron chi connectivity index (χ3n) is 2.94. The number of ether oxygens (including phenoxy) is 1. The normalized spacial score (nSPS) is 21.4. The maximum atomic E-state index is 5.47. The molecule has 1 fully saturated rings. The molecule has 0 unspecified atom stereocenters. The molecular formula is C14H42N2O3S. The van der Waals surface area contributed by atoms with Crippen LogP contribution in [0.4, 0.5) is 0 Å². The van der Waals surface area contributed by atoms with Crippen molar-refractivity contribution < 1.29 is 17.1 Å². The molecule has 0 saturated carbocycles. The van der Waals surface area contributed by atoms with Gasteiger partial charge in [0.25, 0.3) is 0 Å². The summed E-state index contributed by atoms with van der Waals surface area (Å²) in [6.07, 6.45) is 4.62. The minimum atomic E-state index is 0. The largest absolute Gasteiger partial charge is 0.412 e. The number of hydrogen-bond acceptors (Lipinski definition) is 3. The highest BCUT2D eigenvalue weighted by molar-refractivity contribution is 7.59. The van der Waals surface area contributed by atoms with E-state index >= 15 is 0 Å². The first-order valence-electron chi connectivity index (χ1n) is 6.70. The average molecular weight is 319 g/mol. The van der Waals surface area contributed by atoms with Gasteiger partial charge in [-0.05, 0) is 32.7 Å². The molecule has 1 saturated heterocycles. The third kappa shape index (κ3) is 18.1. The zero-order chi connectivity index (χ0) is 12.4. The minimum absolute atomic E-state index is 0. The van der Waals surface area contributed by atoms with Gasteiger partial charge in [-0.25, -0.2) is 0 Å². The molecule has 7 N–H and O–H groups in total. The Hall–Kier alpha value is 0.150. The van der Waals surface area contributed by atoms with Gasteiger partial charge in [-0.1, -0.05) is 34.1 Å². The van der Waals surface area contributed by atoms with Gasteiger partial charge in [0.05, 0.1) is 12.2 Å². The summed E-state index contributed by atoms with van der Waals surface area (Å²) < 4.78 is 5.42. The Morgan fingerprint density at radius 3 is 1.80 bits per heavy atom. The lowest BCUT2D eigenvalue weighted by Crippen LogP contribution is -2.41. The molecule has 6 heteroatoms. The summed E-state index contributed by atoms with van der Waals surface area (Å²) in [4.78, 5) is 0. The Bertz CT molecular complexity index is 159. The Morgan fingerprint density at radius 1 is 1.20 bits per heavy atom. The van der Waals surface area contributed by atoms with Crippen LogP contribution in [0.3, 0.4) is 0 Å². The van der Waals surface area contributed by atoms with E-state index in [2.05, 4.69) is 33.0 Å². The van der Waals surface area contributed by atoms with Gasteiger partial charge in [-0.2, -0.15) is 13.5 Å². The van der Waals surface area contributed by atoms with Crippen LogP contribution in [0.15, 0.2) is 0 Å². The van der Waals surface area contributed by atoms with E-state index in [0.717, 1.165) is 25.6 Å². The lowest BCUT2D eigenvalue weighted by atomic mass is 10.0. The van der Waals surface area contributed by atoms with Gasteiger partial charge in [-0.3, -0.25) is 0 Å². The molecule has 132 valence electrons. The molecule has 20 heavy (non-hydrogen) atoms. The highest BCUT2D eigenvalue weighted by Gasteiger charge is 2.12. The molecule has 0 aromatic heterocycles. The Labute approximate surface area is 134 Å². The lowest BCUT2D eigenvalue weighted by Gasteiger charge is -2.25. The van der Waals surface area contributed by atoms with Crippen molar-refractivity contribution >= 4 is 13.5 Å². The summed E-state index contributed by atoms with van der Waals surface area (Å²) in [5.74, 6) is 0.778. The molecule has 1 rings (SSSR count). The second-order valence-electron chi connectivity index (χ2n) is 4.71. The van der Waals surface area contributed by atoms with E-state index in [1.165, 1.54) is 19.3 Å². The van der Waals surface area contributed by atoms with E-state index in [1.807, 2.05) is 0 Å². The van der Waals surface area contributed by atoms with Gasteiger partial charge in [0.1, 0.15) is 0 Å². The van der Waals surface area contributed by atoms with Crippen molar-refractivity contribution in [3.63, 3.8) is 0 Å². The van der Waals surface area contributed by atoms with E-state index in [9.17, 15) is 0 Å². The van der Waals surface area contributed by atoms with Gasteiger partial charge in [-0.15, -0.1) is 0 Å². The standard InChI is InChI=1S/C7H17N.C6H13NO.CH4.2H2O.H2S.H2/c1-3-5-7(4-2)6-8;1-5-3-7-4-6(2)8-5;;;;;/h7H,3-6,8H2,1-2H3;5-7H,3-4H2,1-2H3;1H4;3*1H2;1H/t7-;5-,6+;;;;;/m0....../s1. The quantitative estimate of drug-likeness (QED) is 0.819. The van der Waals surface area contributed by atoms with Crippen LogP contribution in [-0.4, -0.2) is 42.8 Å². The first-order chi connectivity index (χ1) is 7.63. The van der Waals surface area contributed by atoms with Crippen LogP contribution in [0.5, 0.6) is 0 Å². The smallest absolute Gasteiger partial charge is 0.0675 e. The van der Waals surface area contributed by atoms with Crippen LogP contribution >= 0.6 is 13.5 Å². The number of morpholine rings is 1. The van der Waals surface area contributed by atoms with Crippen molar-refractivity contribution in [2.24, 2.45) is 11.7 Å². The van der Waals surface area contributed by atoms with Gasteiger partial charge in [0.15, 0.2) is 0 Å². The van der Waals surface area contributed by atoms with E-state index < -0.39 is 0 Å². The van der Waals surface area contributed by atoms with Crippen LogP contribution < -0.4 is 11.1 Å². The molecule has 1 heterocycles. The predicted molar refractivity (Wildman–Crippen MR) is 97.1 cm³/mol. The van der Waals surface area contributed by atoms with E-state index in [1.54, 1.807) is 0 Å². The molecule has 0 amide bonds. The predicted octanol–water partition coefficient (Wildman–Crippen LogP) is 1.50. The molecule has 1 aliphatic heterocycles. The monoisotopic (exact) mass is 318 g/mol. The number of nitrogens with one attached hydrogen (secondary N) is 1. The highest BCUT2D eigenvalue weighted by atomic mass is 32.1. The van der Waals surface area contributed by atoms with Crippen molar-refractivity contribution in [1.82, 2.24) is 5.32 Å². The average Bonchev–Trinajstić information content (AvgIpc) is 2.26. The molecule has 0 aliphatic carbocycles. The van der Waals surface area contributed by atoms with Crippen molar-refractivity contribution in [3.05, 3.63) is 0 Å². The lowest BCUT2D eigenvalue weighted by molar-refractivity contribution is -0.0166. The summed E-state index contributed by atoms with van der Waals surface area (Å²) >= 11 is 0. The molecular weight excluding hydrogens is 276 g/mol. The van der Waals surface area contributed by atoms with Gasteiger partial charge in [0.2, 0.25) is 0 Å². The zero-order valence-electron chi connectivity index (χ0n) is 13.0. The fraction of sp³-hybridized carbons (Fsp3) is 1.00. The van der Waals surface area contributed by atoms with Crippen molar-refractivity contribution in [2.45, 2.75) is 66.6 Å². The van der Waals surface area contributed by atoms with Crippen LogP contribution in [-0.2, 0) is 4.74 Å². The summed E-state index contributed by atoms with van der Waals surface area (Å²) in [7, 11) is 0. The van der Waals surface area contributed by atoms with Crippen LogP contribution in [0.1, 0.15) is 55.8 Å². The Balaban J connectivity index is -0.0000000433. The number of rotatable bonds is 4. The topological polar surface area (TPSA) is 110 Å². The zero-order valence-corrected chi connectivity index (χ0v) is 14.0. The van der Waals surface area contributed by atoms with Crippen molar-refractivity contribution in [2.75, 3.05) is 19.6 Å². The van der Waals surface area contributed by atoms with Gasteiger partial charge in [0, 0.05) is 14.5 Å². The van der Waals surface area contributed by atoms with Crippen molar-refractivity contribution in [1.29, 1.82) is 0 Å². The molecule has 0 radical (unpaired) electrons. The van der Waals surface area contributed by atoms with Crippen LogP contribution in [0.2, 0.25) is 0 Å². The number of hydrogen-bond donors (Lipinski definition) is 2. The Morgan fingerprint density at radius 2 is 1.65 bits per heavy atom. The first-order valence-corrected chi connectivity index (χ1v) is 6.70. The summed E-state index contributed by atoms with van der Waals surface area (Å²) in [5.41, 5.74) is 5.47. The fourth-order valence-corrected chi connectivity index (χ4v) is 1.88. The van der Waals surface area contributed by atoms with Crippen LogP contribution in [0.25, 0.3) is 0 Å². The first kappa shape index (κ1) is 32.2. The maximum Gasteiger partial charge on any atom is 0.0675 e. The molecule has 0 spiro atoms. The van der Waals surface area contributed by atoms with E-state index in [-0.39, 0.29) is 33.3 Å². The van der Waals surface area contributed by atoms with E-state index in [0.29, 0.717) is 12.2 Å².